The highest BCUT2D eigenvalue weighted by molar-refractivity contribution is 7.91. The molecule has 0 N–H and O–H groups in total. The van der Waals surface area contributed by atoms with Crippen molar-refractivity contribution in [3.05, 3.63) is 90.5 Å². The molecular formula is C27H20N2O4S. The molecule has 0 radical (unpaired) electrons. The van der Waals surface area contributed by atoms with Crippen molar-refractivity contribution < 1.29 is 17.9 Å². The summed E-state index contributed by atoms with van der Waals surface area (Å²) in [6.07, 6.45) is 0. The molecule has 0 saturated carbocycles. The van der Waals surface area contributed by atoms with Gasteiger partial charge in [-0.05, 0) is 84.9 Å². The lowest BCUT2D eigenvalue weighted by Crippen LogP contribution is -2.03. The van der Waals surface area contributed by atoms with Crippen LogP contribution in [-0.2, 0) is 9.84 Å². The van der Waals surface area contributed by atoms with Gasteiger partial charge in [0, 0.05) is 16.5 Å². The molecule has 0 aliphatic rings. The molecule has 5 rings (SSSR count). The maximum absolute atomic E-state index is 13.1. The second-order valence-corrected chi connectivity index (χ2v) is 9.68. The van der Waals surface area contributed by atoms with E-state index in [0.717, 1.165) is 39.0 Å². The van der Waals surface area contributed by atoms with Crippen LogP contribution in [0.25, 0.3) is 27.5 Å². The molecule has 7 heteroatoms. The zero-order valence-electron chi connectivity index (χ0n) is 18.5. The zero-order valence-corrected chi connectivity index (χ0v) is 19.3. The number of sulfone groups is 1. The van der Waals surface area contributed by atoms with Crippen LogP contribution in [0.4, 0.5) is 0 Å². The van der Waals surface area contributed by atoms with Crippen molar-refractivity contribution in [3.63, 3.8) is 0 Å². The predicted molar refractivity (Wildman–Crippen MR) is 130 cm³/mol. The van der Waals surface area contributed by atoms with E-state index < -0.39 is 9.84 Å². The van der Waals surface area contributed by atoms with Gasteiger partial charge in [0.1, 0.15) is 11.5 Å². The van der Waals surface area contributed by atoms with Gasteiger partial charge < -0.3 is 14.0 Å². The molecule has 168 valence electrons. The number of fused-ring (bicyclic) bond motifs is 3. The van der Waals surface area contributed by atoms with Crippen molar-refractivity contribution in [2.45, 2.75) is 9.79 Å². The van der Waals surface area contributed by atoms with Crippen LogP contribution < -0.4 is 9.47 Å². The topological polar surface area (TPSA) is 81.3 Å². The molecule has 0 atom stereocenters. The Morgan fingerprint density at radius 2 is 1.18 bits per heavy atom. The van der Waals surface area contributed by atoms with Crippen LogP contribution in [-0.4, -0.2) is 27.2 Å². The Bertz CT molecular complexity index is 1620. The van der Waals surface area contributed by atoms with Crippen LogP contribution in [0.5, 0.6) is 11.5 Å². The lowest BCUT2D eigenvalue weighted by molar-refractivity contribution is 0.415. The predicted octanol–water partition coefficient (Wildman–Crippen LogP) is 5.51. The highest BCUT2D eigenvalue weighted by Crippen LogP contribution is 2.36. The summed E-state index contributed by atoms with van der Waals surface area (Å²) in [7, 11) is -0.438. The summed E-state index contributed by atoms with van der Waals surface area (Å²) in [5.74, 6) is 1.50. The van der Waals surface area contributed by atoms with Crippen LogP contribution in [0.2, 0.25) is 0 Å². The second-order valence-electron chi connectivity index (χ2n) is 7.74. The fraction of sp³-hybridized carbons (Fsp3) is 0.0741. The largest absolute Gasteiger partial charge is 0.497 e. The summed E-state index contributed by atoms with van der Waals surface area (Å²) in [5, 5.41) is 11.0. The monoisotopic (exact) mass is 468 g/mol. The van der Waals surface area contributed by atoms with Crippen molar-refractivity contribution in [2.24, 2.45) is 0 Å². The number of nitriles is 1. The van der Waals surface area contributed by atoms with Gasteiger partial charge in [0.15, 0.2) is 0 Å². The van der Waals surface area contributed by atoms with Gasteiger partial charge in [0.05, 0.1) is 46.7 Å². The number of aromatic nitrogens is 1. The zero-order chi connectivity index (χ0) is 23.9. The van der Waals surface area contributed by atoms with E-state index in [1.165, 1.54) is 24.3 Å². The first-order chi connectivity index (χ1) is 16.5. The third-order valence-electron chi connectivity index (χ3n) is 5.88. The van der Waals surface area contributed by atoms with Gasteiger partial charge in [-0.3, -0.25) is 0 Å². The van der Waals surface area contributed by atoms with Crippen molar-refractivity contribution in [3.8, 4) is 23.3 Å². The molecule has 0 aliphatic heterocycles. The number of ether oxygens (including phenoxy) is 2. The summed E-state index contributed by atoms with van der Waals surface area (Å²) >= 11 is 0. The summed E-state index contributed by atoms with van der Waals surface area (Å²) < 4.78 is 39.1. The fourth-order valence-corrected chi connectivity index (χ4v) is 5.39. The summed E-state index contributed by atoms with van der Waals surface area (Å²) in [6.45, 7) is 0. The third-order valence-corrected chi connectivity index (χ3v) is 7.66. The highest BCUT2D eigenvalue weighted by atomic mass is 32.2. The van der Waals surface area contributed by atoms with E-state index in [0.29, 0.717) is 5.56 Å². The molecule has 0 amide bonds. The van der Waals surface area contributed by atoms with Gasteiger partial charge >= 0.3 is 0 Å². The molecule has 4 aromatic carbocycles. The standard InChI is InChI=1S/C27H20N2O4S/c1-32-20-7-13-26-24(15-20)25-16-21(33-2)8-14-27(25)29(26)19-5-11-23(12-6-19)34(30,31)22-9-3-18(17-28)4-10-22/h3-16H,1-2H3. The van der Waals surface area contributed by atoms with E-state index in [1.807, 2.05) is 42.5 Å². The second kappa shape index (κ2) is 8.25. The Labute approximate surface area is 197 Å². The van der Waals surface area contributed by atoms with Gasteiger partial charge in [0.25, 0.3) is 0 Å². The molecule has 0 spiro atoms. The van der Waals surface area contributed by atoms with E-state index in [2.05, 4.69) is 4.57 Å². The number of hydrogen-bond donors (Lipinski definition) is 0. The number of benzene rings is 4. The van der Waals surface area contributed by atoms with Gasteiger partial charge in [0.2, 0.25) is 9.84 Å². The van der Waals surface area contributed by atoms with Crippen molar-refractivity contribution in [1.29, 1.82) is 5.26 Å². The van der Waals surface area contributed by atoms with Crippen LogP contribution in [0.3, 0.4) is 0 Å². The van der Waals surface area contributed by atoms with Gasteiger partial charge in [-0.2, -0.15) is 5.26 Å². The third kappa shape index (κ3) is 3.45. The first kappa shape index (κ1) is 21.6. The van der Waals surface area contributed by atoms with E-state index in [9.17, 15) is 8.42 Å². The summed E-state index contributed by atoms with van der Waals surface area (Å²) in [6, 6.07) is 26.5. The molecule has 34 heavy (non-hydrogen) atoms. The van der Waals surface area contributed by atoms with E-state index in [4.69, 9.17) is 14.7 Å². The molecule has 1 heterocycles. The minimum Gasteiger partial charge on any atom is -0.497 e. The maximum atomic E-state index is 13.1. The van der Waals surface area contributed by atoms with Crippen LogP contribution >= 0.6 is 0 Å². The van der Waals surface area contributed by atoms with E-state index >= 15 is 0 Å². The molecular weight excluding hydrogens is 448 g/mol. The lowest BCUT2D eigenvalue weighted by Gasteiger charge is -2.10. The Hall–Kier alpha value is -4.28. The minimum absolute atomic E-state index is 0.148. The normalized spacial score (nSPS) is 11.4. The van der Waals surface area contributed by atoms with E-state index in [-0.39, 0.29) is 9.79 Å². The van der Waals surface area contributed by atoms with Crippen molar-refractivity contribution in [1.82, 2.24) is 4.57 Å². The summed E-state index contributed by atoms with van der Waals surface area (Å²) in [4.78, 5) is 0.334. The number of nitrogens with zero attached hydrogens (tertiary/aromatic N) is 2. The average Bonchev–Trinajstić information content (AvgIpc) is 3.21. The smallest absolute Gasteiger partial charge is 0.206 e. The average molecular weight is 469 g/mol. The van der Waals surface area contributed by atoms with Gasteiger partial charge in [-0.1, -0.05) is 0 Å². The highest BCUT2D eigenvalue weighted by Gasteiger charge is 2.19. The molecule has 0 unspecified atom stereocenters. The van der Waals surface area contributed by atoms with Crippen LogP contribution in [0.1, 0.15) is 5.56 Å². The van der Waals surface area contributed by atoms with Gasteiger partial charge in [-0.15, -0.1) is 0 Å². The Morgan fingerprint density at radius 3 is 1.62 bits per heavy atom. The first-order valence-electron chi connectivity index (χ1n) is 10.5. The van der Waals surface area contributed by atoms with Crippen LogP contribution in [0.15, 0.2) is 94.7 Å². The molecule has 0 saturated heterocycles. The molecule has 0 bridgehead atoms. The van der Waals surface area contributed by atoms with E-state index in [1.54, 1.807) is 38.5 Å². The molecule has 0 fully saturated rings. The molecule has 1 aromatic heterocycles. The molecule has 5 aromatic rings. The Kier molecular flexibility index (Phi) is 5.23. The molecule has 0 aliphatic carbocycles. The summed E-state index contributed by atoms with van der Waals surface area (Å²) in [5.41, 5.74) is 3.17. The molecule has 6 nitrogen and oxygen atoms in total. The SMILES string of the molecule is COc1ccc2c(c1)c1cc(OC)ccc1n2-c1ccc(S(=O)(=O)c2ccc(C#N)cc2)cc1. The Morgan fingerprint density at radius 1 is 0.706 bits per heavy atom. The minimum atomic E-state index is -3.70. The number of methoxy groups -OCH3 is 2. The van der Waals surface area contributed by atoms with Crippen molar-refractivity contribution >= 4 is 31.6 Å². The number of hydrogen-bond acceptors (Lipinski definition) is 5. The van der Waals surface area contributed by atoms with Crippen molar-refractivity contribution in [2.75, 3.05) is 14.2 Å². The Balaban J connectivity index is 1.65. The quantitative estimate of drug-likeness (QED) is 0.340. The van der Waals surface area contributed by atoms with Crippen LogP contribution in [0, 0.1) is 11.3 Å². The fourth-order valence-electron chi connectivity index (χ4n) is 4.13. The lowest BCUT2D eigenvalue weighted by atomic mass is 10.1. The van der Waals surface area contributed by atoms with Gasteiger partial charge in [-0.25, -0.2) is 8.42 Å². The first-order valence-corrected chi connectivity index (χ1v) is 12.0. The maximum Gasteiger partial charge on any atom is 0.206 e. The number of rotatable bonds is 5.